The first-order chi connectivity index (χ1) is 11.1. The fourth-order valence-electron chi connectivity index (χ4n) is 2.24. The first-order valence-corrected chi connectivity index (χ1v) is 7.17. The van der Waals surface area contributed by atoms with Crippen molar-refractivity contribution in [3.8, 4) is 6.07 Å². The Hall–Kier alpha value is -2.94. The van der Waals surface area contributed by atoms with Crippen molar-refractivity contribution in [1.29, 1.82) is 5.26 Å². The van der Waals surface area contributed by atoms with Crippen LogP contribution < -0.4 is 5.32 Å². The van der Waals surface area contributed by atoms with Gasteiger partial charge in [-0.3, -0.25) is 9.78 Å². The van der Waals surface area contributed by atoms with Crippen molar-refractivity contribution in [2.24, 2.45) is 5.92 Å². The number of nitrogens with one attached hydrogen (secondary N) is 1. The minimum Gasteiger partial charge on any atom is -0.467 e. The van der Waals surface area contributed by atoms with Crippen LogP contribution in [0.1, 0.15) is 23.7 Å². The molecule has 1 amide bonds. The number of ether oxygens (including phenoxy) is 1. The highest BCUT2D eigenvalue weighted by Crippen LogP contribution is 2.14. The Bertz CT molecular complexity index is 767. The third-order valence-corrected chi connectivity index (χ3v) is 3.58. The fraction of sp³-hybridized carbons (Fsp3) is 0.294. The first-order valence-electron chi connectivity index (χ1n) is 7.17. The number of esters is 1. The molecule has 0 unspecified atom stereocenters. The molecule has 2 aromatic rings. The van der Waals surface area contributed by atoms with Crippen LogP contribution in [-0.4, -0.2) is 30.0 Å². The monoisotopic (exact) mass is 311 g/mol. The molecule has 0 saturated heterocycles. The number of nitriles is 1. The maximum absolute atomic E-state index is 12.4. The van der Waals surface area contributed by atoms with Gasteiger partial charge in [0.25, 0.3) is 5.91 Å². The summed E-state index contributed by atoms with van der Waals surface area (Å²) in [6, 6.07) is 10.3. The predicted molar refractivity (Wildman–Crippen MR) is 84.4 cm³/mol. The topological polar surface area (TPSA) is 92.1 Å². The number of nitrogens with zero attached hydrogens (tertiary/aromatic N) is 2. The van der Waals surface area contributed by atoms with Gasteiger partial charge in [-0.2, -0.15) is 5.26 Å². The molecule has 0 fully saturated rings. The van der Waals surface area contributed by atoms with Crippen LogP contribution in [0.2, 0.25) is 0 Å². The van der Waals surface area contributed by atoms with Crippen molar-refractivity contribution >= 4 is 22.8 Å². The minimum absolute atomic E-state index is 0.135. The van der Waals surface area contributed by atoms with Gasteiger partial charge in [0.2, 0.25) is 0 Å². The molecule has 2 rings (SSSR count). The molecule has 1 aromatic carbocycles. The molecular weight excluding hydrogens is 294 g/mol. The number of rotatable bonds is 5. The maximum Gasteiger partial charge on any atom is 0.328 e. The largest absolute Gasteiger partial charge is 0.467 e. The number of aromatic nitrogens is 1. The molecule has 0 aliphatic rings. The molecule has 0 radical (unpaired) electrons. The van der Waals surface area contributed by atoms with Gasteiger partial charge in [-0.15, -0.1) is 0 Å². The van der Waals surface area contributed by atoms with Crippen molar-refractivity contribution in [3.63, 3.8) is 0 Å². The second-order valence-corrected chi connectivity index (χ2v) is 5.23. The van der Waals surface area contributed by atoms with Crippen molar-refractivity contribution < 1.29 is 14.3 Å². The van der Waals surface area contributed by atoms with Gasteiger partial charge in [0.05, 0.1) is 24.3 Å². The highest BCUT2D eigenvalue weighted by molar-refractivity contribution is 5.99. The van der Waals surface area contributed by atoms with E-state index in [9.17, 15) is 9.59 Å². The smallest absolute Gasteiger partial charge is 0.328 e. The summed E-state index contributed by atoms with van der Waals surface area (Å²) < 4.78 is 4.71. The maximum atomic E-state index is 12.4. The number of hydrogen-bond acceptors (Lipinski definition) is 5. The lowest BCUT2D eigenvalue weighted by Gasteiger charge is -2.21. The van der Waals surface area contributed by atoms with Crippen LogP contribution in [0.3, 0.4) is 0 Å². The molecule has 0 saturated carbocycles. The number of para-hydroxylation sites is 1. The lowest BCUT2D eigenvalue weighted by atomic mass is 9.98. The molecule has 0 aliphatic carbocycles. The van der Waals surface area contributed by atoms with Gasteiger partial charge in [0, 0.05) is 23.9 Å². The highest BCUT2D eigenvalue weighted by atomic mass is 16.5. The van der Waals surface area contributed by atoms with Gasteiger partial charge < -0.3 is 10.1 Å². The van der Waals surface area contributed by atoms with Crippen LogP contribution in [0.5, 0.6) is 0 Å². The second-order valence-electron chi connectivity index (χ2n) is 5.23. The molecule has 1 heterocycles. The van der Waals surface area contributed by atoms with Crippen LogP contribution in [0.15, 0.2) is 36.5 Å². The van der Waals surface area contributed by atoms with Gasteiger partial charge >= 0.3 is 5.97 Å². The molecule has 0 aliphatic heterocycles. The Morgan fingerprint density at radius 3 is 2.83 bits per heavy atom. The van der Waals surface area contributed by atoms with E-state index in [2.05, 4.69) is 10.3 Å². The molecule has 23 heavy (non-hydrogen) atoms. The lowest BCUT2D eigenvalue weighted by Crippen LogP contribution is -2.45. The standard InChI is InChI=1S/C17H17N3O3/c1-11(7-8-18)15(17(22)23-2)20-16(21)13-9-12-5-3-4-6-14(12)19-10-13/h3-6,9-11,15H,7H2,1-2H3,(H,20,21)/t11-,15-/m0/s1. The molecule has 2 atom stereocenters. The summed E-state index contributed by atoms with van der Waals surface area (Å²) in [4.78, 5) is 28.5. The molecule has 118 valence electrons. The van der Waals surface area contributed by atoms with E-state index in [4.69, 9.17) is 10.00 Å². The average molecular weight is 311 g/mol. The van der Waals surface area contributed by atoms with E-state index in [-0.39, 0.29) is 12.3 Å². The Labute approximate surface area is 134 Å². The summed E-state index contributed by atoms with van der Waals surface area (Å²) in [7, 11) is 1.25. The van der Waals surface area contributed by atoms with Crippen molar-refractivity contribution in [2.75, 3.05) is 7.11 Å². The number of benzene rings is 1. The van der Waals surface area contributed by atoms with Crippen molar-refractivity contribution in [2.45, 2.75) is 19.4 Å². The van der Waals surface area contributed by atoms with Crippen LogP contribution in [0.25, 0.3) is 10.9 Å². The zero-order valence-corrected chi connectivity index (χ0v) is 12.9. The van der Waals surface area contributed by atoms with E-state index in [0.29, 0.717) is 5.56 Å². The fourth-order valence-corrected chi connectivity index (χ4v) is 2.24. The molecule has 1 aromatic heterocycles. The zero-order chi connectivity index (χ0) is 16.8. The Kier molecular flexibility index (Phi) is 5.26. The highest BCUT2D eigenvalue weighted by Gasteiger charge is 2.28. The summed E-state index contributed by atoms with van der Waals surface area (Å²) in [5.41, 5.74) is 1.13. The quantitative estimate of drug-likeness (QED) is 0.853. The van der Waals surface area contributed by atoms with Crippen LogP contribution in [0.4, 0.5) is 0 Å². The SMILES string of the molecule is COC(=O)[C@@H](NC(=O)c1cnc2ccccc2c1)[C@@H](C)CC#N. The Balaban J connectivity index is 2.22. The van der Waals surface area contributed by atoms with E-state index in [0.717, 1.165) is 10.9 Å². The first kappa shape index (κ1) is 16.4. The second kappa shape index (κ2) is 7.36. The predicted octanol–water partition coefficient (Wildman–Crippen LogP) is 2.06. The van der Waals surface area contributed by atoms with Gasteiger partial charge in [-0.05, 0) is 12.1 Å². The van der Waals surface area contributed by atoms with Crippen molar-refractivity contribution in [3.05, 3.63) is 42.1 Å². The lowest BCUT2D eigenvalue weighted by molar-refractivity contribution is -0.144. The number of carbonyl (C=O) groups is 2. The van der Waals surface area contributed by atoms with Gasteiger partial charge in [0.15, 0.2) is 0 Å². The molecular formula is C17H17N3O3. The van der Waals surface area contributed by atoms with Gasteiger partial charge in [-0.1, -0.05) is 25.1 Å². The summed E-state index contributed by atoms with van der Waals surface area (Å²) >= 11 is 0. The molecule has 6 heteroatoms. The van der Waals surface area contributed by atoms with Crippen LogP contribution in [0, 0.1) is 17.2 Å². The number of methoxy groups -OCH3 is 1. The van der Waals surface area contributed by atoms with Crippen LogP contribution >= 0.6 is 0 Å². The third-order valence-electron chi connectivity index (χ3n) is 3.58. The summed E-state index contributed by atoms with van der Waals surface area (Å²) in [5.74, 6) is -1.36. The Morgan fingerprint density at radius 1 is 1.39 bits per heavy atom. The molecule has 1 N–H and O–H groups in total. The van der Waals surface area contributed by atoms with E-state index >= 15 is 0 Å². The summed E-state index contributed by atoms with van der Waals surface area (Å²) in [5, 5.41) is 12.2. The average Bonchev–Trinajstić information content (AvgIpc) is 2.58. The minimum atomic E-state index is -0.876. The number of pyridine rings is 1. The van der Waals surface area contributed by atoms with Crippen molar-refractivity contribution in [1.82, 2.24) is 10.3 Å². The normalized spacial score (nSPS) is 12.9. The summed E-state index contributed by atoms with van der Waals surface area (Å²) in [6.45, 7) is 1.71. The summed E-state index contributed by atoms with van der Waals surface area (Å²) in [6.07, 6.45) is 1.59. The molecule has 0 spiro atoms. The number of hydrogen-bond donors (Lipinski definition) is 1. The number of fused-ring (bicyclic) bond motifs is 1. The van der Waals surface area contributed by atoms with Crippen LogP contribution in [-0.2, 0) is 9.53 Å². The van der Waals surface area contributed by atoms with Gasteiger partial charge in [0.1, 0.15) is 6.04 Å². The number of carbonyl (C=O) groups excluding carboxylic acids is 2. The third kappa shape index (κ3) is 3.83. The molecule has 6 nitrogen and oxygen atoms in total. The van der Waals surface area contributed by atoms with E-state index in [1.165, 1.54) is 13.3 Å². The molecule has 0 bridgehead atoms. The Morgan fingerprint density at radius 2 is 2.13 bits per heavy atom. The van der Waals surface area contributed by atoms with Gasteiger partial charge in [-0.25, -0.2) is 4.79 Å². The van der Waals surface area contributed by atoms with E-state index < -0.39 is 17.9 Å². The zero-order valence-electron chi connectivity index (χ0n) is 12.9. The van der Waals surface area contributed by atoms with E-state index in [1.807, 2.05) is 30.3 Å². The van der Waals surface area contributed by atoms with E-state index in [1.54, 1.807) is 13.0 Å². The number of amides is 1.